The molecule has 190 valence electrons. The SMILES string of the molecule is CN(C)c1nc(NCC2CCCCC2)nc2ccccc12.CNS(=O)(=O)c1ccc(C(C)C)cc1. The molecule has 1 aromatic heterocycles. The highest BCUT2D eigenvalue weighted by Gasteiger charge is 2.15. The van der Waals surface area contributed by atoms with Crippen molar-refractivity contribution in [1.82, 2.24) is 14.7 Å². The topological polar surface area (TPSA) is 87.2 Å². The van der Waals surface area contributed by atoms with E-state index in [4.69, 9.17) is 0 Å². The first kappa shape index (κ1) is 26.9. The molecule has 4 rings (SSSR count). The molecular weight excluding hydrogens is 458 g/mol. The van der Waals surface area contributed by atoms with E-state index >= 15 is 0 Å². The minimum absolute atomic E-state index is 0.310. The molecule has 1 fully saturated rings. The Hall–Kier alpha value is -2.71. The lowest BCUT2D eigenvalue weighted by Crippen LogP contribution is -2.19. The molecule has 1 aliphatic rings. The molecule has 0 bridgehead atoms. The predicted octanol–water partition coefficient (Wildman–Crippen LogP) is 5.41. The standard InChI is InChI=1S/C17H24N4.C10H15NO2S/c1-21(2)16-14-10-6-7-11-15(14)19-17(20-16)18-12-13-8-4-3-5-9-13;1-8(2)9-4-6-10(7-5-9)14(12,13)11-3/h6-7,10-11,13H,3-5,8-9,12H2,1-2H3,(H,18,19,20);4-8,11H,1-3H3. The van der Waals surface area contributed by atoms with Crippen LogP contribution in [0.5, 0.6) is 0 Å². The van der Waals surface area contributed by atoms with E-state index in [-0.39, 0.29) is 0 Å². The van der Waals surface area contributed by atoms with Crippen molar-refractivity contribution in [3.05, 3.63) is 54.1 Å². The van der Waals surface area contributed by atoms with Crippen molar-refractivity contribution in [2.24, 2.45) is 5.92 Å². The summed E-state index contributed by atoms with van der Waals surface area (Å²) >= 11 is 0. The molecule has 7 nitrogen and oxygen atoms in total. The van der Waals surface area contributed by atoms with Gasteiger partial charge in [0.25, 0.3) is 0 Å². The highest BCUT2D eigenvalue weighted by atomic mass is 32.2. The van der Waals surface area contributed by atoms with E-state index in [0.717, 1.165) is 40.7 Å². The molecule has 1 heterocycles. The molecule has 0 spiro atoms. The van der Waals surface area contributed by atoms with E-state index in [9.17, 15) is 8.42 Å². The van der Waals surface area contributed by atoms with Gasteiger partial charge in [0.15, 0.2) is 0 Å². The fraction of sp³-hybridized carbons (Fsp3) is 0.481. The summed E-state index contributed by atoms with van der Waals surface area (Å²) in [4.78, 5) is 11.7. The minimum Gasteiger partial charge on any atom is -0.362 e. The Bertz CT molecular complexity index is 1190. The van der Waals surface area contributed by atoms with Crippen LogP contribution in [0.2, 0.25) is 0 Å². The van der Waals surface area contributed by atoms with Gasteiger partial charge >= 0.3 is 0 Å². The molecule has 2 N–H and O–H groups in total. The first-order chi connectivity index (χ1) is 16.7. The number of aromatic nitrogens is 2. The molecule has 0 radical (unpaired) electrons. The van der Waals surface area contributed by atoms with Gasteiger partial charge < -0.3 is 10.2 Å². The molecular formula is C27H39N5O2S. The second-order valence-corrected chi connectivity index (χ2v) is 11.5. The molecule has 3 aromatic rings. The summed E-state index contributed by atoms with van der Waals surface area (Å²) in [5, 5.41) is 4.56. The first-order valence-electron chi connectivity index (χ1n) is 12.4. The van der Waals surface area contributed by atoms with Crippen molar-refractivity contribution in [2.45, 2.75) is 56.8 Å². The number of rotatable bonds is 7. The van der Waals surface area contributed by atoms with Gasteiger partial charge in [0.05, 0.1) is 10.4 Å². The van der Waals surface area contributed by atoms with E-state index in [1.807, 2.05) is 38.4 Å². The number of hydrogen-bond acceptors (Lipinski definition) is 6. The third kappa shape index (κ3) is 7.39. The number of nitrogens with one attached hydrogen (secondary N) is 2. The van der Waals surface area contributed by atoms with Crippen LogP contribution in [0.3, 0.4) is 0 Å². The summed E-state index contributed by atoms with van der Waals surface area (Å²) in [5.41, 5.74) is 2.14. The van der Waals surface area contributed by atoms with Crippen LogP contribution < -0.4 is 14.9 Å². The fourth-order valence-electron chi connectivity index (χ4n) is 4.26. The monoisotopic (exact) mass is 497 g/mol. The van der Waals surface area contributed by atoms with Gasteiger partial charge in [0.2, 0.25) is 16.0 Å². The third-order valence-corrected chi connectivity index (χ3v) is 7.84. The molecule has 0 saturated heterocycles. The number of para-hydroxylation sites is 1. The van der Waals surface area contributed by atoms with Gasteiger partial charge in [-0.2, -0.15) is 4.98 Å². The molecule has 1 aliphatic carbocycles. The van der Waals surface area contributed by atoms with Crippen LogP contribution >= 0.6 is 0 Å². The van der Waals surface area contributed by atoms with Crippen LogP contribution in [0.1, 0.15) is 57.4 Å². The zero-order valence-corrected chi connectivity index (χ0v) is 22.4. The number of hydrogen-bond donors (Lipinski definition) is 2. The Kier molecular flexibility index (Phi) is 9.46. The lowest BCUT2D eigenvalue weighted by Gasteiger charge is -2.22. The van der Waals surface area contributed by atoms with Gasteiger partial charge in [-0.1, -0.05) is 57.4 Å². The molecule has 0 aliphatic heterocycles. The van der Waals surface area contributed by atoms with Crippen molar-refractivity contribution in [3.8, 4) is 0 Å². The van der Waals surface area contributed by atoms with Crippen LogP contribution in [0.4, 0.5) is 11.8 Å². The van der Waals surface area contributed by atoms with Crippen LogP contribution in [0, 0.1) is 5.92 Å². The summed E-state index contributed by atoms with van der Waals surface area (Å²) < 4.78 is 25.0. The summed E-state index contributed by atoms with van der Waals surface area (Å²) in [6, 6.07) is 15.1. The Balaban J connectivity index is 0.000000214. The highest BCUT2D eigenvalue weighted by molar-refractivity contribution is 7.89. The smallest absolute Gasteiger partial charge is 0.240 e. The average molecular weight is 498 g/mol. The van der Waals surface area contributed by atoms with Gasteiger partial charge in [0, 0.05) is 26.0 Å². The van der Waals surface area contributed by atoms with E-state index in [2.05, 4.69) is 50.9 Å². The van der Waals surface area contributed by atoms with Crippen LogP contribution in [0.25, 0.3) is 10.9 Å². The maximum atomic E-state index is 11.4. The molecule has 0 unspecified atom stereocenters. The van der Waals surface area contributed by atoms with Gasteiger partial charge in [-0.05, 0) is 61.6 Å². The predicted molar refractivity (Wildman–Crippen MR) is 146 cm³/mol. The number of nitrogens with zero attached hydrogens (tertiary/aromatic N) is 3. The largest absolute Gasteiger partial charge is 0.362 e. The lowest BCUT2D eigenvalue weighted by molar-refractivity contribution is 0.373. The number of sulfonamides is 1. The van der Waals surface area contributed by atoms with Crippen molar-refractivity contribution >= 4 is 32.7 Å². The van der Waals surface area contributed by atoms with Crippen molar-refractivity contribution in [1.29, 1.82) is 0 Å². The maximum Gasteiger partial charge on any atom is 0.240 e. The van der Waals surface area contributed by atoms with Gasteiger partial charge in [-0.3, -0.25) is 0 Å². The number of fused-ring (bicyclic) bond motifs is 1. The normalized spacial score (nSPS) is 14.5. The quantitative estimate of drug-likeness (QED) is 0.454. The Morgan fingerprint density at radius 2 is 1.63 bits per heavy atom. The summed E-state index contributed by atoms with van der Waals surface area (Å²) in [5.74, 6) is 2.92. The Morgan fingerprint density at radius 1 is 0.971 bits per heavy atom. The van der Waals surface area contributed by atoms with Crippen molar-refractivity contribution in [2.75, 3.05) is 37.9 Å². The Morgan fingerprint density at radius 3 is 2.23 bits per heavy atom. The van der Waals surface area contributed by atoms with Gasteiger partial charge in [0.1, 0.15) is 5.82 Å². The van der Waals surface area contributed by atoms with Crippen LogP contribution in [-0.2, 0) is 10.0 Å². The van der Waals surface area contributed by atoms with E-state index in [0.29, 0.717) is 10.8 Å². The summed E-state index contributed by atoms with van der Waals surface area (Å²) in [6.07, 6.45) is 6.80. The summed E-state index contributed by atoms with van der Waals surface area (Å²) in [7, 11) is 2.17. The molecule has 35 heavy (non-hydrogen) atoms. The average Bonchev–Trinajstić information content (AvgIpc) is 2.88. The maximum absolute atomic E-state index is 11.4. The van der Waals surface area contributed by atoms with Gasteiger partial charge in [-0.15, -0.1) is 0 Å². The zero-order valence-electron chi connectivity index (χ0n) is 21.6. The third-order valence-electron chi connectivity index (χ3n) is 6.41. The number of benzene rings is 2. The Labute approximate surface area is 210 Å². The zero-order chi connectivity index (χ0) is 25.4. The summed E-state index contributed by atoms with van der Waals surface area (Å²) in [6.45, 7) is 5.13. The van der Waals surface area contributed by atoms with E-state index in [1.54, 1.807) is 12.1 Å². The highest BCUT2D eigenvalue weighted by Crippen LogP contribution is 2.26. The van der Waals surface area contributed by atoms with E-state index in [1.165, 1.54) is 39.2 Å². The van der Waals surface area contributed by atoms with E-state index < -0.39 is 10.0 Å². The molecule has 2 aromatic carbocycles. The van der Waals surface area contributed by atoms with Crippen molar-refractivity contribution in [3.63, 3.8) is 0 Å². The van der Waals surface area contributed by atoms with Gasteiger partial charge in [-0.25, -0.2) is 18.1 Å². The fourth-order valence-corrected chi connectivity index (χ4v) is 4.99. The minimum atomic E-state index is -3.29. The molecule has 0 atom stereocenters. The lowest BCUT2D eigenvalue weighted by atomic mass is 9.89. The molecule has 0 amide bonds. The van der Waals surface area contributed by atoms with Crippen LogP contribution in [0.15, 0.2) is 53.4 Å². The second-order valence-electron chi connectivity index (χ2n) is 9.60. The van der Waals surface area contributed by atoms with Crippen molar-refractivity contribution < 1.29 is 8.42 Å². The molecule has 1 saturated carbocycles. The van der Waals surface area contributed by atoms with Crippen LogP contribution in [-0.4, -0.2) is 46.1 Å². The molecule has 8 heteroatoms. The number of anilines is 2. The first-order valence-corrected chi connectivity index (χ1v) is 13.9. The second kappa shape index (κ2) is 12.3.